The van der Waals surface area contributed by atoms with Gasteiger partial charge in [0, 0.05) is 21.8 Å². The Kier molecular flexibility index (Phi) is 5.08. The van der Waals surface area contributed by atoms with Gasteiger partial charge in [0.2, 0.25) is 5.95 Å². The van der Waals surface area contributed by atoms with E-state index in [0.717, 1.165) is 22.5 Å². The van der Waals surface area contributed by atoms with Crippen LogP contribution >= 0.6 is 23.2 Å². The number of hydrogen-bond donors (Lipinski definition) is 1. The van der Waals surface area contributed by atoms with Crippen molar-refractivity contribution in [3.05, 3.63) is 75.9 Å². The highest BCUT2D eigenvalue weighted by Crippen LogP contribution is 2.20. The Labute approximate surface area is 150 Å². The van der Waals surface area contributed by atoms with E-state index in [-0.39, 0.29) is 0 Å². The largest absolute Gasteiger partial charge is 0.245 e. The summed E-state index contributed by atoms with van der Waals surface area (Å²) in [6.45, 7) is 1.92. The molecule has 6 heteroatoms. The third-order valence-electron chi connectivity index (χ3n) is 3.25. The summed E-state index contributed by atoms with van der Waals surface area (Å²) in [5.74, 6) is 0.426. The molecule has 0 aliphatic heterocycles. The molecule has 120 valence electrons. The summed E-state index contributed by atoms with van der Waals surface area (Å²) in [4.78, 5) is 8.82. The third-order valence-corrected chi connectivity index (χ3v) is 3.82. The second-order valence-corrected chi connectivity index (χ2v) is 5.96. The number of anilines is 1. The Hall–Kier alpha value is -2.43. The fourth-order valence-corrected chi connectivity index (χ4v) is 2.60. The molecule has 3 aromatic rings. The first kappa shape index (κ1) is 16.4. The minimum Gasteiger partial charge on any atom is -0.245 e. The Bertz CT molecular complexity index is 879. The molecule has 0 spiro atoms. The second kappa shape index (κ2) is 7.43. The average Bonchev–Trinajstić information content (AvgIpc) is 2.57. The summed E-state index contributed by atoms with van der Waals surface area (Å²) >= 11 is 12.0. The van der Waals surface area contributed by atoms with Gasteiger partial charge in [-0.15, -0.1) is 0 Å². The quantitative estimate of drug-likeness (QED) is 0.515. The maximum Gasteiger partial charge on any atom is 0.244 e. The second-order valence-electron chi connectivity index (χ2n) is 5.12. The molecule has 0 saturated carbocycles. The lowest BCUT2D eigenvalue weighted by atomic mass is 10.1. The van der Waals surface area contributed by atoms with Crippen LogP contribution in [-0.2, 0) is 0 Å². The van der Waals surface area contributed by atoms with Crippen LogP contribution in [0.5, 0.6) is 0 Å². The lowest BCUT2D eigenvalue weighted by molar-refractivity contribution is 1.08. The molecular weight excluding hydrogens is 343 g/mol. The first-order chi connectivity index (χ1) is 11.6. The smallest absolute Gasteiger partial charge is 0.244 e. The Morgan fingerprint density at radius 3 is 2.54 bits per heavy atom. The highest BCUT2D eigenvalue weighted by atomic mass is 35.5. The van der Waals surface area contributed by atoms with Gasteiger partial charge in [-0.3, -0.25) is 0 Å². The molecule has 0 amide bonds. The van der Waals surface area contributed by atoms with Gasteiger partial charge in [-0.1, -0.05) is 59.6 Å². The number of benzene rings is 2. The van der Waals surface area contributed by atoms with Gasteiger partial charge in [0.05, 0.1) is 16.9 Å². The van der Waals surface area contributed by atoms with Crippen molar-refractivity contribution in [2.24, 2.45) is 5.10 Å². The molecule has 24 heavy (non-hydrogen) atoms. The predicted octanol–water partition coefficient (Wildman–Crippen LogP) is 5.20. The Morgan fingerprint density at radius 1 is 1.00 bits per heavy atom. The first-order valence-corrected chi connectivity index (χ1v) is 8.02. The van der Waals surface area contributed by atoms with E-state index in [1.54, 1.807) is 24.4 Å². The van der Waals surface area contributed by atoms with Crippen molar-refractivity contribution >= 4 is 35.4 Å². The van der Waals surface area contributed by atoms with E-state index in [4.69, 9.17) is 23.2 Å². The molecule has 0 radical (unpaired) electrons. The highest BCUT2D eigenvalue weighted by molar-refractivity contribution is 6.36. The molecule has 0 fully saturated rings. The molecule has 0 aliphatic rings. The van der Waals surface area contributed by atoms with Crippen molar-refractivity contribution in [3.63, 3.8) is 0 Å². The fourth-order valence-electron chi connectivity index (χ4n) is 2.14. The van der Waals surface area contributed by atoms with Crippen LogP contribution in [0.15, 0.2) is 59.7 Å². The number of hydrazone groups is 1. The van der Waals surface area contributed by atoms with Gasteiger partial charge < -0.3 is 0 Å². The van der Waals surface area contributed by atoms with E-state index in [0.29, 0.717) is 16.0 Å². The molecule has 0 bridgehead atoms. The predicted molar refractivity (Wildman–Crippen MR) is 99.9 cm³/mol. The Morgan fingerprint density at radius 2 is 1.79 bits per heavy atom. The molecule has 1 aromatic heterocycles. The zero-order valence-electron chi connectivity index (χ0n) is 12.9. The molecule has 3 rings (SSSR count). The third kappa shape index (κ3) is 4.10. The van der Waals surface area contributed by atoms with Crippen LogP contribution in [0.4, 0.5) is 5.95 Å². The van der Waals surface area contributed by atoms with Gasteiger partial charge in [-0.2, -0.15) is 5.10 Å². The fraction of sp³-hybridized carbons (Fsp3) is 0.0556. The summed E-state index contributed by atoms with van der Waals surface area (Å²) < 4.78 is 0. The molecule has 0 atom stereocenters. The molecule has 0 saturated heterocycles. The zero-order valence-corrected chi connectivity index (χ0v) is 14.4. The maximum absolute atomic E-state index is 6.11. The van der Waals surface area contributed by atoms with Crippen molar-refractivity contribution in [1.82, 2.24) is 9.97 Å². The monoisotopic (exact) mass is 356 g/mol. The van der Waals surface area contributed by atoms with E-state index in [9.17, 15) is 0 Å². The van der Waals surface area contributed by atoms with Gasteiger partial charge in [-0.25, -0.2) is 15.4 Å². The summed E-state index contributed by atoms with van der Waals surface area (Å²) in [5.41, 5.74) is 6.31. The van der Waals surface area contributed by atoms with Gasteiger partial charge in [0.25, 0.3) is 0 Å². The summed E-state index contributed by atoms with van der Waals surface area (Å²) in [7, 11) is 0. The first-order valence-electron chi connectivity index (χ1n) is 7.27. The number of aromatic nitrogens is 2. The van der Waals surface area contributed by atoms with Gasteiger partial charge >= 0.3 is 0 Å². The lowest BCUT2D eigenvalue weighted by Crippen LogP contribution is -2.00. The van der Waals surface area contributed by atoms with Crippen molar-refractivity contribution in [2.45, 2.75) is 6.92 Å². The number of aryl methyl sites for hydroxylation is 1. The van der Waals surface area contributed by atoms with E-state index < -0.39 is 0 Å². The van der Waals surface area contributed by atoms with E-state index in [1.165, 1.54) is 0 Å². The van der Waals surface area contributed by atoms with E-state index in [2.05, 4.69) is 20.5 Å². The van der Waals surface area contributed by atoms with Crippen molar-refractivity contribution in [2.75, 3.05) is 5.43 Å². The van der Waals surface area contributed by atoms with Crippen molar-refractivity contribution in [3.8, 4) is 11.3 Å². The summed E-state index contributed by atoms with van der Waals surface area (Å²) in [6.07, 6.45) is 1.60. The summed E-state index contributed by atoms with van der Waals surface area (Å²) in [6, 6.07) is 17.1. The van der Waals surface area contributed by atoms with E-state index in [1.807, 2.05) is 43.3 Å². The number of hydrogen-bond acceptors (Lipinski definition) is 4. The molecule has 0 aliphatic carbocycles. The van der Waals surface area contributed by atoms with Crippen LogP contribution in [0.25, 0.3) is 11.3 Å². The molecule has 2 aromatic carbocycles. The highest BCUT2D eigenvalue weighted by Gasteiger charge is 2.04. The van der Waals surface area contributed by atoms with E-state index >= 15 is 0 Å². The van der Waals surface area contributed by atoms with Gasteiger partial charge in [0.1, 0.15) is 0 Å². The maximum atomic E-state index is 6.11. The molecule has 4 nitrogen and oxygen atoms in total. The van der Waals surface area contributed by atoms with Crippen LogP contribution in [-0.4, -0.2) is 16.2 Å². The number of nitrogens with zero attached hydrogens (tertiary/aromatic N) is 3. The van der Waals surface area contributed by atoms with Crippen LogP contribution < -0.4 is 5.43 Å². The molecular formula is C18H14Cl2N4. The van der Waals surface area contributed by atoms with Crippen LogP contribution in [0.2, 0.25) is 10.0 Å². The number of nitrogens with one attached hydrogen (secondary N) is 1. The van der Waals surface area contributed by atoms with Crippen molar-refractivity contribution < 1.29 is 0 Å². The SMILES string of the molecule is Cc1cc(-c2ccccc2)nc(NN=Cc2ccc(Cl)cc2Cl)n1. The molecule has 1 N–H and O–H groups in total. The number of rotatable bonds is 4. The topological polar surface area (TPSA) is 50.2 Å². The molecule has 0 unspecified atom stereocenters. The normalized spacial score (nSPS) is 11.0. The van der Waals surface area contributed by atoms with Crippen molar-refractivity contribution in [1.29, 1.82) is 0 Å². The van der Waals surface area contributed by atoms with Crippen LogP contribution in [0.3, 0.4) is 0 Å². The van der Waals surface area contributed by atoms with Gasteiger partial charge in [-0.05, 0) is 25.1 Å². The standard InChI is InChI=1S/C18H14Cl2N4/c1-12-9-17(13-5-3-2-4-6-13)23-18(22-12)24-21-11-14-7-8-15(19)10-16(14)20/h2-11H,1H3,(H,22,23,24). The molecule has 1 heterocycles. The zero-order chi connectivity index (χ0) is 16.9. The average molecular weight is 357 g/mol. The Balaban J connectivity index is 1.80. The number of halogens is 2. The van der Waals surface area contributed by atoms with Crippen LogP contribution in [0.1, 0.15) is 11.3 Å². The van der Waals surface area contributed by atoms with Crippen LogP contribution in [0, 0.1) is 6.92 Å². The summed E-state index contributed by atoms with van der Waals surface area (Å²) in [5, 5.41) is 5.26. The minimum atomic E-state index is 0.426. The van der Waals surface area contributed by atoms with Gasteiger partial charge in [0.15, 0.2) is 0 Å². The lowest BCUT2D eigenvalue weighted by Gasteiger charge is -2.05. The minimum absolute atomic E-state index is 0.426.